The van der Waals surface area contributed by atoms with Gasteiger partial charge in [-0.25, -0.2) is 8.42 Å². The second-order valence-corrected chi connectivity index (χ2v) is 10.1. The first-order valence-corrected chi connectivity index (χ1v) is 11.6. The van der Waals surface area contributed by atoms with Crippen molar-refractivity contribution < 1.29 is 13.2 Å². The molecule has 26 heavy (non-hydrogen) atoms. The van der Waals surface area contributed by atoms with E-state index in [2.05, 4.69) is 36.4 Å². The Morgan fingerprint density at radius 3 is 2.65 bits per heavy atom. The number of ether oxygens (including phenoxy) is 1. The molecule has 0 amide bonds. The van der Waals surface area contributed by atoms with Gasteiger partial charge >= 0.3 is 0 Å². The second-order valence-electron chi connectivity index (χ2n) is 6.71. The van der Waals surface area contributed by atoms with Crippen LogP contribution in [0.25, 0.3) is 21.2 Å². The molecule has 1 unspecified atom stereocenters. The SMILES string of the molecule is CCOc1ccc2cc(-c3ccc(C4CCCCS4(=O)=O)s3)ccc2c1. The number of benzene rings is 2. The van der Waals surface area contributed by atoms with Crippen LogP contribution in [0.2, 0.25) is 0 Å². The van der Waals surface area contributed by atoms with Gasteiger partial charge in [-0.1, -0.05) is 24.6 Å². The van der Waals surface area contributed by atoms with E-state index >= 15 is 0 Å². The molecule has 0 radical (unpaired) electrons. The molecule has 0 aliphatic carbocycles. The van der Waals surface area contributed by atoms with Gasteiger partial charge in [-0.05, 0) is 66.4 Å². The average Bonchev–Trinajstić information content (AvgIpc) is 3.11. The molecule has 5 heteroatoms. The highest BCUT2D eigenvalue weighted by atomic mass is 32.2. The van der Waals surface area contributed by atoms with Gasteiger partial charge in [0.25, 0.3) is 0 Å². The molecule has 136 valence electrons. The van der Waals surface area contributed by atoms with Crippen LogP contribution in [-0.2, 0) is 9.84 Å². The predicted octanol–water partition coefficient (Wildman–Crippen LogP) is 5.61. The summed E-state index contributed by atoms with van der Waals surface area (Å²) in [6.45, 7) is 2.64. The molecule has 0 bridgehead atoms. The Labute approximate surface area is 158 Å². The lowest BCUT2D eigenvalue weighted by Gasteiger charge is -2.20. The number of fused-ring (bicyclic) bond motifs is 1. The van der Waals surface area contributed by atoms with E-state index in [0.717, 1.165) is 51.1 Å². The Kier molecular flexibility index (Phi) is 4.76. The molecule has 0 spiro atoms. The van der Waals surface area contributed by atoms with Crippen molar-refractivity contribution in [1.82, 2.24) is 0 Å². The van der Waals surface area contributed by atoms with Crippen molar-refractivity contribution in [2.45, 2.75) is 31.4 Å². The van der Waals surface area contributed by atoms with E-state index < -0.39 is 9.84 Å². The molecule has 1 aliphatic heterocycles. The summed E-state index contributed by atoms with van der Waals surface area (Å²) in [5, 5.41) is 1.99. The fraction of sp³-hybridized carbons (Fsp3) is 0.333. The number of hydrogen-bond donors (Lipinski definition) is 0. The minimum Gasteiger partial charge on any atom is -0.494 e. The summed E-state index contributed by atoms with van der Waals surface area (Å²) in [6, 6.07) is 16.5. The van der Waals surface area contributed by atoms with E-state index in [1.54, 1.807) is 11.3 Å². The standard InChI is InChI=1S/C21H22O3S2/c1-2-24-18-9-8-15-13-17(7-6-16(15)14-18)19-10-11-20(25-19)21-5-3-4-12-26(21,22)23/h6-11,13-14,21H,2-5,12H2,1H3. The highest BCUT2D eigenvalue weighted by Crippen LogP contribution is 2.40. The number of thiophene rings is 1. The molecular formula is C21H22O3S2. The summed E-state index contributed by atoms with van der Waals surface area (Å²) in [7, 11) is -2.99. The summed E-state index contributed by atoms with van der Waals surface area (Å²) in [6.07, 6.45) is 2.54. The zero-order valence-corrected chi connectivity index (χ0v) is 16.4. The van der Waals surface area contributed by atoms with Gasteiger partial charge in [0.05, 0.1) is 17.6 Å². The van der Waals surface area contributed by atoms with Gasteiger partial charge in [-0.2, -0.15) is 0 Å². The Bertz CT molecular complexity index is 1030. The van der Waals surface area contributed by atoms with Gasteiger partial charge < -0.3 is 4.74 Å². The summed E-state index contributed by atoms with van der Waals surface area (Å²) in [5.74, 6) is 1.21. The van der Waals surface area contributed by atoms with Crippen molar-refractivity contribution in [3.63, 3.8) is 0 Å². The lowest BCUT2D eigenvalue weighted by molar-refractivity contribution is 0.341. The van der Waals surface area contributed by atoms with Gasteiger partial charge in [-0.15, -0.1) is 11.3 Å². The molecule has 1 atom stereocenters. The molecule has 0 N–H and O–H groups in total. The molecule has 4 rings (SSSR count). The molecule has 2 aromatic carbocycles. The largest absolute Gasteiger partial charge is 0.494 e. The topological polar surface area (TPSA) is 43.4 Å². The number of sulfone groups is 1. The molecular weight excluding hydrogens is 364 g/mol. The van der Waals surface area contributed by atoms with Crippen LogP contribution in [0, 0.1) is 0 Å². The zero-order chi connectivity index (χ0) is 18.1. The Morgan fingerprint density at radius 1 is 1.04 bits per heavy atom. The van der Waals surface area contributed by atoms with Gasteiger partial charge in [0, 0.05) is 9.75 Å². The maximum absolute atomic E-state index is 12.4. The highest BCUT2D eigenvalue weighted by Gasteiger charge is 2.31. The molecule has 2 heterocycles. The maximum atomic E-state index is 12.4. The smallest absolute Gasteiger partial charge is 0.158 e. The Balaban J connectivity index is 1.66. The van der Waals surface area contributed by atoms with Crippen molar-refractivity contribution in [3.8, 4) is 16.2 Å². The third-order valence-corrected chi connectivity index (χ3v) is 8.54. The Hall–Kier alpha value is -1.85. The van der Waals surface area contributed by atoms with Crippen molar-refractivity contribution in [2.24, 2.45) is 0 Å². The van der Waals surface area contributed by atoms with Crippen LogP contribution in [-0.4, -0.2) is 20.8 Å². The highest BCUT2D eigenvalue weighted by molar-refractivity contribution is 7.91. The van der Waals surface area contributed by atoms with Crippen LogP contribution in [0.4, 0.5) is 0 Å². The second kappa shape index (κ2) is 7.05. The zero-order valence-electron chi connectivity index (χ0n) is 14.8. The maximum Gasteiger partial charge on any atom is 0.158 e. The van der Waals surface area contributed by atoms with Gasteiger partial charge in [0.2, 0.25) is 0 Å². The monoisotopic (exact) mass is 386 g/mol. The Morgan fingerprint density at radius 2 is 1.85 bits per heavy atom. The first kappa shape index (κ1) is 17.6. The number of rotatable bonds is 4. The van der Waals surface area contributed by atoms with Crippen LogP contribution < -0.4 is 4.74 Å². The predicted molar refractivity (Wildman–Crippen MR) is 109 cm³/mol. The quantitative estimate of drug-likeness (QED) is 0.585. The van der Waals surface area contributed by atoms with E-state index in [0.29, 0.717) is 12.4 Å². The molecule has 3 aromatic rings. The minimum atomic E-state index is -2.99. The van der Waals surface area contributed by atoms with E-state index in [9.17, 15) is 8.42 Å². The van der Waals surface area contributed by atoms with E-state index in [1.807, 2.05) is 19.1 Å². The molecule has 3 nitrogen and oxygen atoms in total. The average molecular weight is 387 g/mol. The van der Waals surface area contributed by atoms with E-state index in [1.165, 1.54) is 0 Å². The van der Waals surface area contributed by atoms with Crippen LogP contribution in [0.5, 0.6) is 5.75 Å². The first-order valence-electron chi connectivity index (χ1n) is 9.05. The molecule has 1 aliphatic rings. The fourth-order valence-corrected chi connectivity index (χ4v) is 7.04. The van der Waals surface area contributed by atoms with Crippen LogP contribution in [0.15, 0.2) is 48.5 Å². The van der Waals surface area contributed by atoms with Gasteiger partial charge in [0.15, 0.2) is 9.84 Å². The van der Waals surface area contributed by atoms with E-state index in [4.69, 9.17) is 4.74 Å². The van der Waals surface area contributed by atoms with E-state index in [-0.39, 0.29) is 5.25 Å². The summed E-state index contributed by atoms with van der Waals surface area (Å²) < 4.78 is 30.3. The van der Waals surface area contributed by atoms with Gasteiger partial charge in [0.1, 0.15) is 5.75 Å². The van der Waals surface area contributed by atoms with Crippen LogP contribution in [0.3, 0.4) is 0 Å². The molecule has 0 saturated carbocycles. The number of hydrogen-bond acceptors (Lipinski definition) is 4. The van der Waals surface area contributed by atoms with Gasteiger partial charge in [-0.3, -0.25) is 0 Å². The third-order valence-electron chi connectivity index (χ3n) is 4.93. The van der Waals surface area contributed by atoms with Crippen LogP contribution in [0.1, 0.15) is 36.3 Å². The van der Waals surface area contributed by atoms with Crippen molar-refractivity contribution in [1.29, 1.82) is 0 Å². The van der Waals surface area contributed by atoms with Crippen LogP contribution >= 0.6 is 11.3 Å². The van der Waals surface area contributed by atoms with Crippen molar-refractivity contribution in [3.05, 3.63) is 53.4 Å². The first-order chi connectivity index (χ1) is 12.6. The summed E-state index contributed by atoms with van der Waals surface area (Å²) in [4.78, 5) is 2.10. The fourth-order valence-electron chi connectivity index (χ4n) is 3.59. The minimum absolute atomic E-state index is 0.316. The van der Waals surface area contributed by atoms with Crippen molar-refractivity contribution >= 4 is 31.9 Å². The van der Waals surface area contributed by atoms with Crippen molar-refractivity contribution in [2.75, 3.05) is 12.4 Å². The lowest BCUT2D eigenvalue weighted by atomic mass is 10.1. The molecule has 1 saturated heterocycles. The molecule has 1 aromatic heterocycles. The molecule has 1 fully saturated rings. The normalized spacial score (nSPS) is 19.5. The lowest BCUT2D eigenvalue weighted by Crippen LogP contribution is -2.20. The third kappa shape index (κ3) is 3.38. The summed E-state index contributed by atoms with van der Waals surface area (Å²) in [5.41, 5.74) is 1.13. The summed E-state index contributed by atoms with van der Waals surface area (Å²) >= 11 is 1.61.